The van der Waals surface area contributed by atoms with Gasteiger partial charge in [0, 0.05) is 45.0 Å². The maximum absolute atomic E-state index is 4.22. The molecule has 0 saturated heterocycles. The fourth-order valence-electron chi connectivity index (χ4n) is 6.67. The molecule has 9 aromatic rings. The minimum absolute atomic E-state index is 1.15. The summed E-state index contributed by atoms with van der Waals surface area (Å²) in [6, 6.07) is 46.3. The fourth-order valence-corrected chi connectivity index (χ4v) is 6.67. The molecule has 9 rings (SSSR count). The Hall–Kier alpha value is -5.41. The summed E-state index contributed by atoms with van der Waals surface area (Å²) in [6.45, 7) is 0. The molecule has 3 nitrogen and oxygen atoms in total. The smallest absolute Gasteiger partial charge is 0.0640 e. The van der Waals surface area contributed by atoms with Gasteiger partial charge in [-0.3, -0.25) is 4.98 Å². The van der Waals surface area contributed by atoms with Crippen molar-refractivity contribution in [1.29, 1.82) is 0 Å². The Kier molecular flexibility index (Phi) is 4.33. The van der Waals surface area contributed by atoms with Crippen molar-refractivity contribution in [2.75, 3.05) is 0 Å². The van der Waals surface area contributed by atoms with Crippen molar-refractivity contribution < 1.29 is 0 Å². The first-order chi connectivity index (χ1) is 19.9. The Bertz CT molecular complexity index is 2430. The molecule has 40 heavy (non-hydrogen) atoms. The summed E-state index contributed by atoms with van der Waals surface area (Å²) >= 11 is 0. The van der Waals surface area contributed by atoms with E-state index in [0.29, 0.717) is 0 Å². The molecule has 5 aromatic carbocycles. The lowest BCUT2D eigenvalue weighted by atomic mass is 10.0. The number of rotatable bonds is 2. The van der Waals surface area contributed by atoms with Crippen LogP contribution in [0.4, 0.5) is 0 Å². The van der Waals surface area contributed by atoms with Gasteiger partial charge in [-0.25, -0.2) is 0 Å². The summed E-state index contributed by atoms with van der Waals surface area (Å²) in [7, 11) is 0. The van der Waals surface area contributed by atoms with E-state index in [1.807, 2.05) is 12.4 Å². The van der Waals surface area contributed by atoms with Crippen LogP contribution in [0.5, 0.6) is 0 Å². The van der Waals surface area contributed by atoms with Crippen molar-refractivity contribution >= 4 is 59.9 Å². The standard InChI is InChI=1S/C37H23N3/c1-4-13-32-26(8-1)23-35-36-30(28-11-2-6-15-34(28)40(32)35)16-17-31-29-12-3-5-14-33(29)39(37(31)36)27-10-7-9-25(22-27)24-18-20-38-21-19-24/h1-23H. The molecule has 0 saturated carbocycles. The largest absolute Gasteiger partial charge is 0.309 e. The molecule has 3 heteroatoms. The normalized spacial score (nSPS) is 12.0. The number of aromatic nitrogens is 3. The van der Waals surface area contributed by atoms with E-state index < -0.39 is 0 Å². The van der Waals surface area contributed by atoms with Crippen molar-refractivity contribution in [3.63, 3.8) is 0 Å². The first kappa shape index (κ1) is 21.5. The number of fused-ring (bicyclic) bond motifs is 12. The van der Waals surface area contributed by atoms with Crippen LogP contribution in [-0.4, -0.2) is 14.0 Å². The highest BCUT2D eigenvalue weighted by Crippen LogP contribution is 2.42. The first-order valence-corrected chi connectivity index (χ1v) is 13.6. The SMILES string of the molecule is c1cc(-c2ccncc2)cc(-n2c3ccccc3c3ccc4c5ccccc5n5c6ccccc6cc5c4c32)c1. The van der Waals surface area contributed by atoms with Gasteiger partial charge in [-0.15, -0.1) is 0 Å². The summed E-state index contributed by atoms with van der Waals surface area (Å²) in [5.74, 6) is 0. The highest BCUT2D eigenvalue weighted by atomic mass is 15.0. The van der Waals surface area contributed by atoms with Crippen LogP contribution in [0.2, 0.25) is 0 Å². The zero-order valence-electron chi connectivity index (χ0n) is 21.6. The van der Waals surface area contributed by atoms with Crippen LogP contribution in [0, 0.1) is 0 Å². The molecule has 0 aliphatic heterocycles. The van der Waals surface area contributed by atoms with Crippen LogP contribution < -0.4 is 0 Å². The lowest BCUT2D eigenvalue weighted by Crippen LogP contribution is -1.97. The molecule has 4 heterocycles. The number of hydrogen-bond acceptors (Lipinski definition) is 1. The van der Waals surface area contributed by atoms with E-state index in [-0.39, 0.29) is 0 Å². The zero-order chi connectivity index (χ0) is 26.2. The van der Waals surface area contributed by atoms with E-state index in [1.165, 1.54) is 65.5 Å². The van der Waals surface area contributed by atoms with E-state index in [2.05, 4.69) is 141 Å². The number of pyridine rings is 2. The molecule has 0 spiro atoms. The summed E-state index contributed by atoms with van der Waals surface area (Å²) in [4.78, 5) is 4.22. The van der Waals surface area contributed by atoms with Gasteiger partial charge in [-0.2, -0.15) is 0 Å². The maximum atomic E-state index is 4.22. The third-order valence-corrected chi connectivity index (χ3v) is 8.36. The fraction of sp³-hybridized carbons (Fsp3) is 0. The first-order valence-electron chi connectivity index (χ1n) is 13.6. The van der Waals surface area contributed by atoms with Crippen LogP contribution in [0.25, 0.3) is 76.7 Å². The molecule has 0 amide bonds. The monoisotopic (exact) mass is 509 g/mol. The molecule has 4 aromatic heterocycles. The summed E-state index contributed by atoms with van der Waals surface area (Å²) in [5.41, 5.74) is 9.63. The third-order valence-electron chi connectivity index (χ3n) is 8.36. The van der Waals surface area contributed by atoms with Gasteiger partial charge in [0.2, 0.25) is 0 Å². The molecule has 0 bridgehead atoms. The van der Waals surface area contributed by atoms with Gasteiger partial charge >= 0.3 is 0 Å². The Labute approximate surface area is 230 Å². The summed E-state index contributed by atoms with van der Waals surface area (Å²) in [5, 5.41) is 7.58. The van der Waals surface area contributed by atoms with Gasteiger partial charge in [-0.1, -0.05) is 78.9 Å². The van der Waals surface area contributed by atoms with Gasteiger partial charge in [0.1, 0.15) is 0 Å². The Morgan fingerprint density at radius 1 is 0.450 bits per heavy atom. The lowest BCUT2D eigenvalue weighted by molar-refractivity contribution is 1.19. The zero-order valence-corrected chi connectivity index (χ0v) is 21.6. The van der Waals surface area contributed by atoms with Crippen molar-refractivity contribution in [2.24, 2.45) is 0 Å². The van der Waals surface area contributed by atoms with E-state index in [0.717, 1.165) is 11.3 Å². The quantitative estimate of drug-likeness (QED) is 0.213. The molecule has 0 unspecified atom stereocenters. The van der Waals surface area contributed by atoms with Crippen LogP contribution in [0.3, 0.4) is 0 Å². The van der Waals surface area contributed by atoms with Crippen LogP contribution in [-0.2, 0) is 0 Å². The Balaban J connectivity index is 1.53. The predicted octanol–water partition coefficient (Wildman–Crippen LogP) is 9.56. The van der Waals surface area contributed by atoms with E-state index in [4.69, 9.17) is 0 Å². The molecule has 0 N–H and O–H groups in total. The minimum atomic E-state index is 1.15. The van der Waals surface area contributed by atoms with Crippen LogP contribution >= 0.6 is 0 Å². The highest BCUT2D eigenvalue weighted by molar-refractivity contribution is 6.28. The van der Waals surface area contributed by atoms with Gasteiger partial charge < -0.3 is 8.97 Å². The molecule has 0 fully saturated rings. The third kappa shape index (κ3) is 2.86. The Morgan fingerprint density at radius 3 is 2.00 bits per heavy atom. The van der Waals surface area contributed by atoms with Crippen molar-refractivity contribution in [3.8, 4) is 16.8 Å². The van der Waals surface area contributed by atoms with E-state index in [9.17, 15) is 0 Å². The van der Waals surface area contributed by atoms with Gasteiger partial charge in [-0.05, 0) is 65.0 Å². The van der Waals surface area contributed by atoms with Gasteiger partial charge in [0.25, 0.3) is 0 Å². The predicted molar refractivity (Wildman–Crippen MR) is 167 cm³/mol. The molecule has 0 radical (unpaired) electrons. The Morgan fingerprint density at radius 2 is 1.15 bits per heavy atom. The average molecular weight is 510 g/mol. The van der Waals surface area contributed by atoms with E-state index in [1.54, 1.807) is 0 Å². The second kappa shape index (κ2) is 8.05. The highest BCUT2D eigenvalue weighted by Gasteiger charge is 2.20. The van der Waals surface area contributed by atoms with Crippen LogP contribution in [0.1, 0.15) is 0 Å². The van der Waals surface area contributed by atoms with Crippen molar-refractivity contribution in [3.05, 3.63) is 140 Å². The molecular formula is C37H23N3. The minimum Gasteiger partial charge on any atom is -0.309 e. The second-order valence-electron chi connectivity index (χ2n) is 10.5. The molecular weight excluding hydrogens is 486 g/mol. The number of hydrogen-bond donors (Lipinski definition) is 0. The molecule has 186 valence electrons. The lowest BCUT2D eigenvalue weighted by Gasteiger charge is -2.15. The second-order valence-corrected chi connectivity index (χ2v) is 10.5. The maximum Gasteiger partial charge on any atom is 0.0640 e. The van der Waals surface area contributed by atoms with Gasteiger partial charge in [0.05, 0.1) is 27.6 Å². The summed E-state index contributed by atoms with van der Waals surface area (Å²) in [6.07, 6.45) is 3.71. The topological polar surface area (TPSA) is 22.2 Å². The van der Waals surface area contributed by atoms with Crippen LogP contribution in [0.15, 0.2) is 140 Å². The summed E-state index contributed by atoms with van der Waals surface area (Å²) < 4.78 is 4.91. The number of benzene rings is 5. The number of nitrogens with zero attached hydrogens (tertiary/aromatic N) is 3. The van der Waals surface area contributed by atoms with E-state index >= 15 is 0 Å². The number of para-hydroxylation sites is 3. The molecule has 0 aliphatic rings. The van der Waals surface area contributed by atoms with Crippen molar-refractivity contribution in [1.82, 2.24) is 14.0 Å². The molecule has 0 aliphatic carbocycles. The van der Waals surface area contributed by atoms with Gasteiger partial charge in [0.15, 0.2) is 0 Å². The average Bonchev–Trinajstić information content (AvgIpc) is 3.58. The molecule has 0 atom stereocenters. The van der Waals surface area contributed by atoms with Crippen molar-refractivity contribution in [2.45, 2.75) is 0 Å².